The van der Waals surface area contributed by atoms with Crippen molar-refractivity contribution >= 4 is 22.6 Å². The minimum atomic E-state index is -0.916. The first-order valence-corrected chi connectivity index (χ1v) is 10.6. The number of carbonyl (C=O) groups excluding carboxylic acids is 2. The van der Waals surface area contributed by atoms with Crippen molar-refractivity contribution < 1.29 is 24.2 Å². The highest BCUT2D eigenvalue weighted by Gasteiger charge is 2.51. The van der Waals surface area contributed by atoms with E-state index < -0.39 is 17.9 Å². The molecule has 1 amide bonds. The number of amides is 1. The Bertz CT molecular complexity index is 1170. The fraction of sp³-hybridized carbons (Fsp3) is 0.320. The standard InChI is InChI=1S/C25H26N2O5/c1-15(27-23(29)21-22(28)20(31-3)11-14-26-21)24(30)32-16(2)25(12-13-25)19-10-6-8-17-7-4-5-9-18(17)19/h4-11,14-16,28H,12-13H2,1-3H3,(H,27,29)/t15-,16-/m0/s1. The Hall–Kier alpha value is -3.61. The maximum absolute atomic E-state index is 12.8. The first kappa shape index (κ1) is 21.6. The van der Waals surface area contributed by atoms with Crippen LogP contribution in [-0.4, -0.2) is 41.2 Å². The third-order valence-corrected chi connectivity index (χ3v) is 6.21. The second-order valence-corrected chi connectivity index (χ2v) is 8.17. The number of hydrogen-bond donors (Lipinski definition) is 2. The van der Waals surface area contributed by atoms with Crippen LogP contribution >= 0.6 is 0 Å². The van der Waals surface area contributed by atoms with E-state index in [1.54, 1.807) is 6.92 Å². The Labute approximate surface area is 186 Å². The number of pyridine rings is 1. The van der Waals surface area contributed by atoms with Crippen LogP contribution in [0.25, 0.3) is 10.8 Å². The van der Waals surface area contributed by atoms with Crippen molar-refractivity contribution in [1.82, 2.24) is 10.3 Å². The van der Waals surface area contributed by atoms with Crippen LogP contribution in [0, 0.1) is 0 Å². The summed E-state index contributed by atoms with van der Waals surface area (Å²) in [6.45, 7) is 3.44. The van der Waals surface area contributed by atoms with Crippen LogP contribution in [0.4, 0.5) is 0 Å². The first-order chi connectivity index (χ1) is 15.4. The first-order valence-electron chi connectivity index (χ1n) is 10.6. The molecule has 2 aromatic carbocycles. The fourth-order valence-electron chi connectivity index (χ4n) is 4.17. The lowest BCUT2D eigenvalue weighted by Gasteiger charge is -2.27. The molecule has 0 saturated heterocycles. The molecule has 4 rings (SSSR count). The lowest BCUT2D eigenvalue weighted by atomic mass is 9.87. The van der Waals surface area contributed by atoms with Crippen LogP contribution in [-0.2, 0) is 14.9 Å². The lowest BCUT2D eigenvalue weighted by molar-refractivity contribution is -0.151. The summed E-state index contributed by atoms with van der Waals surface area (Å²) in [6.07, 6.45) is 2.85. The van der Waals surface area contributed by atoms with Crippen molar-refractivity contribution in [2.24, 2.45) is 0 Å². The molecule has 1 saturated carbocycles. The molecule has 0 bridgehead atoms. The zero-order valence-electron chi connectivity index (χ0n) is 18.3. The number of nitrogens with one attached hydrogen (secondary N) is 1. The van der Waals surface area contributed by atoms with Gasteiger partial charge in [-0.25, -0.2) is 9.78 Å². The SMILES string of the molecule is COc1ccnc(C(=O)N[C@@H](C)C(=O)O[C@@H](C)C2(c3cccc4ccccc34)CC2)c1O. The number of hydrogen-bond acceptors (Lipinski definition) is 6. The molecular formula is C25H26N2O5. The van der Waals surface area contributed by atoms with Crippen LogP contribution in [0.1, 0.15) is 42.7 Å². The van der Waals surface area contributed by atoms with Gasteiger partial charge < -0.3 is 19.9 Å². The molecule has 1 aromatic heterocycles. The summed E-state index contributed by atoms with van der Waals surface area (Å²) in [4.78, 5) is 29.2. The van der Waals surface area contributed by atoms with Gasteiger partial charge >= 0.3 is 5.97 Å². The molecular weight excluding hydrogens is 408 g/mol. The van der Waals surface area contributed by atoms with Crippen molar-refractivity contribution in [2.75, 3.05) is 7.11 Å². The molecule has 1 fully saturated rings. The van der Waals surface area contributed by atoms with Crippen molar-refractivity contribution in [3.05, 3.63) is 66.0 Å². The average molecular weight is 434 g/mol. The summed E-state index contributed by atoms with van der Waals surface area (Å²) in [5, 5.41) is 15.0. The molecule has 0 unspecified atom stereocenters. The topological polar surface area (TPSA) is 97.8 Å². The number of aromatic hydroxyl groups is 1. The monoisotopic (exact) mass is 434 g/mol. The van der Waals surface area contributed by atoms with Gasteiger partial charge in [0.15, 0.2) is 17.2 Å². The predicted molar refractivity (Wildman–Crippen MR) is 120 cm³/mol. The molecule has 3 aromatic rings. The van der Waals surface area contributed by atoms with Crippen LogP contribution in [0.3, 0.4) is 0 Å². The van der Waals surface area contributed by atoms with Gasteiger partial charge in [-0.15, -0.1) is 0 Å². The zero-order valence-corrected chi connectivity index (χ0v) is 18.3. The molecule has 1 heterocycles. The van der Waals surface area contributed by atoms with Gasteiger partial charge in [-0.3, -0.25) is 4.79 Å². The van der Waals surface area contributed by atoms with Gasteiger partial charge in [0.25, 0.3) is 5.91 Å². The number of rotatable bonds is 7. The molecule has 1 aliphatic rings. The lowest BCUT2D eigenvalue weighted by Crippen LogP contribution is -2.42. The van der Waals surface area contributed by atoms with Gasteiger partial charge in [0.05, 0.1) is 7.11 Å². The predicted octanol–water partition coefficient (Wildman–Crippen LogP) is 3.73. The average Bonchev–Trinajstić information content (AvgIpc) is 3.60. The Balaban J connectivity index is 1.46. The van der Waals surface area contributed by atoms with Crippen LogP contribution in [0.15, 0.2) is 54.7 Å². The van der Waals surface area contributed by atoms with Gasteiger partial charge in [-0.2, -0.15) is 0 Å². The number of aromatic nitrogens is 1. The molecule has 2 N–H and O–H groups in total. The van der Waals surface area contributed by atoms with Gasteiger partial charge in [-0.1, -0.05) is 42.5 Å². The summed E-state index contributed by atoms with van der Waals surface area (Å²) < 4.78 is 10.8. The van der Waals surface area contributed by atoms with E-state index in [0.717, 1.165) is 23.6 Å². The van der Waals surface area contributed by atoms with E-state index in [2.05, 4.69) is 34.6 Å². The molecule has 7 heteroatoms. The number of benzene rings is 2. The van der Waals surface area contributed by atoms with Crippen molar-refractivity contribution in [3.8, 4) is 11.5 Å². The van der Waals surface area contributed by atoms with Crippen LogP contribution in [0.2, 0.25) is 0 Å². The number of esters is 1. The fourth-order valence-corrected chi connectivity index (χ4v) is 4.17. The molecule has 0 radical (unpaired) electrons. The summed E-state index contributed by atoms with van der Waals surface area (Å²) in [5.41, 5.74) is 0.733. The highest BCUT2D eigenvalue weighted by Crippen LogP contribution is 2.53. The van der Waals surface area contributed by atoms with Gasteiger partial charge in [-0.05, 0) is 43.0 Å². The number of carbonyl (C=O) groups is 2. The maximum atomic E-state index is 12.8. The number of fused-ring (bicyclic) bond motifs is 1. The third kappa shape index (κ3) is 3.86. The molecule has 0 aliphatic heterocycles. The van der Waals surface area contributed by atoms with E-state index in [1.807, 2.05) is 25.1 Å². The maximum Gasteiger partial charge on any atom is 0.328 e. The van der Waals surface area contributed by atoms with E-state index in [-0.39, 0.29) is 28.7 Å². The molecule has 32 heavy (non-hydrogen) atoms. The largest absolute Gasteiger partial charge is 0.503 e. The Morgan fingerprint density at radius 1 is 1.09 bits per heavy atom. The van der Waals surface area contributed by atoms with Gasteiger partial charge in [0, 0.05) is 17.7 Å². The van der Waals surface area contributed by atoms with E-state index in [9.17, 15) is 14.7 Å². The highest BCUT2D eigenvalue weighted by molar-refractivity contribution is 5.97. The molecule has 166 valence electrons. The Morgan fingerprint density at radius 2 is 1.81 bits per heavy atom. The number of methoxy groups -OCH3 is 1. The van der Waals surface area contributed by atoms with Crippen molar-refractivity contribution in [2.45, 2.75) is 44.2 Å². The van der Waals surface area contributed by atoms with E-state index in [1.165, 1.54) is 24.9 Å². The molecule has 7 nitrogen and oxygen atoms in total. The van der Waals surface area contributed by atoms with Crippen LogP contribution in [0.5, 0.6) is 11.5 Å². The third-order valence-electron chi connectivity index (χ3n) is 6.21. The van der Waals surface area contributed by atoms with E-state index in [4.69, 9.17) is 9.47 Å². The molecule has 0 spiro atoms. The highest BCUT2D eigenvalue weighted by atomic mass is 16.5. The second-order valence-electron chi connectivity index (χ2n) is 8.17. The minimum Gasteiger partial charge on any atom is -0.503 e. The summed E-state index contributed by atoms with van der Waals surface area (Å²) >= 11 is 0. The van der Waals surface area contributed by atoms with E-state index in [0.29, 0.717) is 0 Å². The van der Waals surface area contributed by atoms with Crippen molar-refractivity contribution in [3.63, 3.8) is 0 Å². The van der Waals surface area contributed by atoms with Gasteiger partial charge in [0.1, 0.15) is 12.1 Å². The molecule has 1 aliphatic carbocycles. The second kappa shape index (κ2) is 8.49. The van der Waals surface area contributed by atoms with E-state index >= 15 is 0 Å². The molecule has 2 atom stereocenters. The van der Waals surface area contributed by atoms with Crippen LogP contribution < -0.4 is 10.1 Å². The normalized spacial score (nSPS) is 16.1. The Kier molecular flexibility index (Phi) is 5.74. The smallest absolute Gasteiger partial charge is 0.328 e. The van der Waals surface area contributed by atoms with Gasteiger partial charge in [0.2, 0.25) is 0 Å². The Morgan fingerprint density at radius 3 is 2.53 bits per heavy atom. The van der Waals surface area contributed by atoms with Crippen molar-refractivity contribution in [1.29, 1.82) is 0 Å². The summed E-state index contributed by atoms with van der Waals surface area (Å²) in [7, 11) is 1.38. The summed E-state index contributed by atoms with van der Waals surface area (Å²) in [5.74, 6) is -1.48. The number of nitrogens with zero attached hydrogens (tertiary/aromatic N) is 1. The summed E-state index contributed by atoms with van der Waals surface area (Å²) in [6, 6.07) is 14.9. The number of ether oxygens (including phenoxy) is 2. The quantitative estimate of drug-likeness (QED) is 0.550. The minimum absolute atomic E-state index is 0.125. The zero-order chi connectivity index (χ0) is 22.9.